The van der Waals surface area contributed by atoms with Gasteiger partial charge in [0.25, 0.3) is 0 Å². The van der Waals surface area contributed by atoms with E-state index in [1.165, 1.54) is 64.9 Å². The normalized spacial score (nSPS) is 10.8. The Hall–Kier alpha value is -4.67. The second-order valence-electron chi connectivity index (χ2n) is 6.97. The number of phenolic OH excluding ortho intramolecular Hbond substituents is 2. The van der Waals surface area contributed by atoms with Crippen LogP contribution in [0.15, 0.2) is 36.4 Å². The van der Waals surface area contributed by atoms with Gasteiger partial charge in [0.15, 0.2) is 36.2 Å². The number of esters is 2. The number of methoxy groups -OCH3 is 4. The van der Waals surface area contributed by atoms with Crippen LogP contribution in [0.1, 0.15) is 11.1 Å². The Morgan fingerprint density at radius 2 is 0.944 bits per heavy atom. The molecule has 11 nitrogen and oxygen atoms in total. The number of rotatable bonds is 12. The maximum Gasteiger partial charge on any atom is 0.331 e. The average Bonchev–Trinajstić information content (AvgIpc) is 2.89. The maximum absolute atomic E-state index is 11.9. The number of carbonyl (C=O) groups is 3. The van der Waals surface area contributed by atoms with Gasteiger partial charge in [0, 0.05) is 12.2 Å². The molecule has 0 heterocycles. The van der Waals surface area contributed by atoms with Gasteiger partial charge in [0.05, 0.1) is 28.4 Å². The van der Waals surface area contributed by atoms with Gasteiger partial charge in [-0.05, 0) is 47.5 Å². The zero-order valence-electron chi connectivity index (χ0n) is 20.1. The predicted octanol–water partition coefficient (Wildman–Crippen LogP) is 2.51. The fourth-order valence-corrected chi connectivity index (χ4v) is 2.79. The highest BCUT2D eigenvalue weighted by molar-refractivity contribution is 5.92. The first-order valence-corrected chi connectivity index (χ1v) is 10.3. The van der Waals surface area contributed by atoms with E-state index in [9.17, 15) is 24.6 Å². The zero-order chi connectivity index (χ0) is 26.7. The topological polar surface area (TPSA) is 147 Å². The summed E-state index contributed by atoms with van der Waals surface area (Å²) in [5, 5.41) is 19.8. The Morgan fingerprint density at radius 1 is 0.639 bits per heavy atom. The monoisotopic (exact) mass is 502 g/mol. The molecule has 0 aliphatic rings. The van der Waals surface area contributed by atoms with E-state index in [-0.39, 0.29) is 34.5 Å². The van der Waals surface area contributed by atoms with E-state index in [0.717, 1.165) is 12.2 Å². The van der Waals surface area contributed by atoms with Gasteiger partial charge >= 0.3 is 11.9 Å². The van der Waals surface area contributed by atoms with Gasteiger partial charge in [-0.15, -0.1) is 0 Å². The highest BCUT2D eigenvalue weighted by Gasteiger charge is 2.12. The largest absolute Gasteiger partial charge is 0.502 e. The lowest BCUT2D eigenvalue weighted by atomic mass is 10.1. The molecule has 0 fully saturated rings. The van der Waals surface area contributed by atoms with Gasteiger partial charge < -0.3 is 38.6 Å². The highest BCUT2D eigenvalue weighted by Crippen LogP contribution is 2.38. The summed E-state index contributed by atoms with van der Waals surface area (Å²) in [6.45, 7) is -1.20. The van der Waals surface area contributed by atoms with Gasteiger partial charge in [-0.25, -0.2) is 9.59 Å². The molecular weight excluding hydrogens is 476 g/mol. The standard InChI is InChI=1S/C25H26O11/c1-31-18-9-15(10-19(32-2)24(18)29)5-7-22(27)35-13-17(26)14-36-23(28)8-6-16-11-20(33-3)25(30)21(12-16)34-4/h5-12,29-30H,13-14H2,1-4H3/b7-5+,8-6+. The maximum atomic E-state index is 11.9. The van der Waals surface area contributed by atoms with Crippen LogP contribution >= 0.6 is 0 Å². The molecule has 0 saturated carbocycles. The predicted molar refractivity (Wildman–Crippen MR) is 127 cm³/mol. The van der Waals surface area contributed by atoms with E-state index in [4.69, 9.17) is 28.4 Å². The van der Waals surface area contributed by atoms with Crippen LogP contribution in [-0.2, 0) is 23.9 Å². The molecule has 2 aromatic rings. The summed E-state index contributed by atoms with van der Waals surface area (Å²) in [5.74, 6) is -2.02. The molecule has 192 valence electrons. The molecule has 0 amide bonds. The summed E-state index contributed by atoms with van der Waals surface area (Å²) in [7, 11) is 5.47. The van der Waals surface area contributed by atoms with Gasteiger partial charge in [0.1, 0.15) is 0 Å². The molecule has 0 spiro atoms. The molecule has 36 heavy (non-hydrogen) atoms. The number of benzene rings is 2. The van der Waals surface area contributed by atoms with E-state index in [0.29, 0.717) is 11.1 Å². The number of hydrogen-bond acceptors (Lipinski definition) is 11. The lowest BCUT2D eigenvalue weighted by molar-refractivity contribution is -0.148. The van der Waals surface area contributed by atoms with Crippen molar-refractivity contribution in [1.82, 2.24) is 0 Å². The molecular formula is C25H26O11. The van der Waals surface area contributed by atoms with Crippen LogP contribution in [0, 0.1) is 0 Å². The van der Waals surface area contributed by atoms with Crippen LogP contribution < -0.4 is 18.9 Å². The van der Waals surface area contributed by atoms with Gasteiger partial charge in [-0.2, -0.15) is 0 Å². The minimum absolute atomic E-state index is 0.150. The number of ether oxygens (including phenoxy) is 6. The first kappa shape index (κ1) is 27.6. The molecule has 0 aromatic heterocycles. The van der Waals surface area contributed by atoms with Crippen LogP contribution in [-0.4, -0.2) is 69.6 Å². The molecule has 0 saturated heterocycles. The zero-order valence-corrected chi connectivity index (χ0v) is 20.1. The van der Waals surface area contributed by atoms with Crippen molar-refractivity contribution in [2.45, 2.75) is 0 Å². The Bertz CT molecular complexity index is 1030. The van der Waals surface area contributed by atoms with Gasteiger partial charge in [-0.1, -0.05) is 0 Å². The summed E-state index contributed by atoms with van der Waals surface area (Å²) >= 11 is 0. The average molecular weight is 502 g/mol. The van der Waals surface area contributed by atoms with E-state index in [1.54, 1.807) is 0 Å². The van der Waals surface area contributed by atoms with Crippen LogP contribution in [0.4, 0.5) is 0 Å². The van der Waals surface area contributed by atoms with Crippen molar-refractivity contribution in [3.8, 4) is 34.5 Å². The Morgan fingerprint density at radius 3 is 1.22 bits per heavy atom. The van der Waals surface area contributed by atoms with E-state index in [1.807, 2.05) is 0 Å². The minimum atomic E-state index is -0.809. The number of phenols is 2. The van der Waals surface area contributed by atoms with Crippen molar-refractivity contribution in [1.29, 1.82) is 0 Å². The van der Waals surface area contributed by atoms with Crippen LogP contribution in [0.25, 0.3) is 12.2 Å². The Labute approximate surface area is 207 Å². The third kappa shape index (κ3) is 7.69. The second kappa shape index (κ2) is 13.3. The first-order chi connectivity index (χ1) is 17.2. The molecule has 2 aromatic carbocycles. The summed E-state index contributed by atoms with van der Waals surface area (Å²) in [5.41, 5.74) is 0.962. The van der Waals surface area contributed by atoms with Crippen molar-refractivity contribution in [3.05, 3.63) is 47.5 Å². The number of aromatic hydroxyl groups is 2. The third-order valence-corrected chi connectivity index (χ3v) is 4.58. The molecule has 0 aliphatic carbocycles. The molecule has 0 bridgehead atoms. The summed E-state index contributed by atoms with van der Waals surface area (Å²) < 4.78 is 29.8. The van der Waals surface area contributed by atoms with Crippen molar-refractivity contribution in [2.24, 2.45) is 0 Å². The van der Waals surface area contributed by atoms with E-state index < -0.39 is 30.9 Å². The number of carbonyl (C=O) groups excluding carboxylic acids is 3. The van der Waals surface area contributed by atoms with Crippen LogP contribution in [0.3, 0.4) is 0 Å². The second-order valence-corrected chi connectivity index (χ2v) is 6.97. The number of hydrogen-bond donors (Lipinski definition) is 2. The smallest absolute Gasteiger partial charge is 0.331 e. The molecule has 0 unspecified atom stereocenters. The van der Waals surface area contributed by atoms with Crippen molar-refractivity contribution >= 4 is 29.9 Å². The van der Waals surface area contributed by atoms with Crippen molar-refractivity contribution in [3.63, 3.8) is 0 Å². The lowest BCUT2D eigenvalue weighted by Crippen LogP contribution is -2.19. The highest BCUT2D eigenvalue weighted by atomic mass is 16.6. The van der Waals surface area contributed by atoms with Crippen LogP contribution in [0.2, 0.25) is 0 Å². The molecule has 2 N–H and O–H groups in total. The molecule has 0 aliphatic heterocycles. The van der Waals surface area contributed by atoms with Gasteiger partial charge in [0.2, 0.25) is 17.3 Å². The SMILES string of the molecule is COc1cc(/C=C/C(=O)OCC(=O)COC(=O)/C=C/c2cc(OC)c(O)c(OC)c2)cc(OC)c1O. The summed E-state index contributed by atoms with van der Waals surface area (Å²) in [4.78, 5) is 35.7. The van der Waals surface area contributed by atoms with Gasteiger partial charge in [-0.3, -0.25) is 4.79 Å². The molecule has 0 atom stereocenters. The quantitative estimate of drug-likeness (QED) is 0.326. The molecule has 2 rings (SSSR count). The third-order valence-electron chi connectivity index (χ3n) is 4.58. The van der Waals surface area contributed by atoms with Crippen LogP contribution in [0.5, 0.6) is 34.5 Å². The molecule has 11 heteroatoms. The fourth-order valence-electron chi connectivity index (χ4n) is 2.79. The van der Waals surface area contributed by atoms with Crippen molar-refractivity contribution < 1.29 is 53.0 Å². The first-order valence-electron chi connectivity index (χ1n) is 10.3. The Kier molecular flexibility index (Phi) is 10.2. The number of ketones is 1. The van der Waals surface area contributed by atoms with E-state index in [2.05, 4.69) is 0 Å². The minimum Gasteiger partial charge on any atom is -0.502 e. The Balaban J connectivity index is 1.84. The lowest BCUT2D eigenvalue weighted by Gasteiger charge is -2.09. The van der Waals surface area contributed by atoms with Crippen molar-refractivity contribution in [2.75, 3.05) is 41.7 Å². The van der Waals surface area contributed by atoms with E-state index >= 15 is 0 Å². The summed E-state index contributed by atoms with van der Waals surface area (Å²) in [6.07, 6.45) is 4.92. The fraction of sp³-hybridized carbons (Fsp3) is 0.240. The molecule has 0 radical (unpaired) electrons. The number of Topliss-reactive ketones (excluding diaryl/α,β-unsaturated/α-hetero) is 1. The summed E-state index contributed by atoms with van der Waals surface area (Å²) in [6, 6.07) is 5.91.